The van der Waals surface area contributed by atoms with Gasteiger partial charge in [0.1, 0.15) is 0 Å². The molecule has 0 aromatic heterocycles. The van der Waals surface area contributed by atoms with Crippen molar-refractivity contribution in [2.24, 2.45) is 0 Å². The first-order chi connectivity index (χ1) is 8.29. The highest BCUT2D eigenvalue weighted by molar-refractivity contribution is 5.20. The standard InChI is InChI=1S/C17H28O/c1-7-8-9-10-11-15(4)12-13-16(14(2)3)17(5,6)18/h11,18H,9-10,12-13H2,1-6H3/b15-11+. The van der Waals surface area contributed by atoms with Crippen molar-refractivity contribution in [3.63, 3.8) is 0 Å². The third-order valence-corrected chi connectivity index (χ3v) is 3.05. The summed E-state index contributed by atoms with van der Waals surface area (Å²) in [6.45, 7) is 11.9. The first kappa shape index (κ1) is 17.0. The summed E-state index contributed by atoms with van der Waals surface area (Å²) in [4.78, 5) is 0. The van der Waals surface area contributed by atoms with E-state index in [0.717, 1.165) is 31.3 Å². The lowest BCUT2D eigenvalue weighted by Crippen LogP contribution is -2.23. The monoisotopic (exact) mass is 248 g/mol. The van der Waals surface area contributed by atoms with E-state index in [2.05, 4.69) is 38.7 Å². The van der Waals surface area contributed by atoms with Gasteiger partial charge >= 0.3 is 0 Å². The third kappa shape index (κ3) is 7.35. The van der Waals surface area contributed by atoms with Gasteiger partial charge in [-0.25, -0.2) is 0 Å². The molecule has 0 aliphatic heterocycles. The van der Waals surface area contributed by atoms with Gasteiger partial charge in [-0.3, -0.25) is 0 Å². The van der Waals surface area contributed by atoms with E-state index in [1.165, 1.54) is 11.1 Å². The van der Waals surface area contributed by atoms with E-state index in [9.17, 15) is 5.11 Å². The van der Waals surface area contributed by atoms with Gasteiger partial charge in [-0.15, -0.1) is 11.8 Å². The number of hydrogen-bond donors (Lipinski definition) is 1. The van der Waals surface area contributed by atoms with Crippen LogP contribution in [0.4, 0.5) is 0 Å². The molecule has 0 amide bonds. The SMILES string of the molecule is CC#CCC/C=C(\C)CCC(=C(C)C)C(C)(C)O. The zero-order valence-corrected chi connectivity index (χ0v) is 12.9. The quantitative estimate of drug-likeness (QED) is 0.413. The second-order valence-electron chi connectivity index (χ2n) is 5.55. The van der Waals surface area contributed by atoms with Crippen molar-refractivity contribution in [2.75, 3.05) is 0 Å². The Morgan fingerprint density at radius 1 is 1.17 bits per heavy atom. The molecular weight excluding hydrogens is 220 g/mol. The zero-order valence-electron chi connectivity index (χ0n) is 12.9. The van der Waals surface area contributed by atoms with Crippen LogP contribution in [-0.4, -0.2) is 10.7 Å². The van der Waals surface area contributed by atoms with E-state index in [0.29, 0.717) is 0 Å². The smallest absolute Gasteiger partial charge is 0.0803 e. The minimum Gasteiger partial charge on any atom is -0.386 e. The molecule has 0 spiro atoms. The van der Waals surface area contributed by atoms with E-state index in [4.69, 9.17) is 0 Å². The Morgan fingerprint density at radius 3 is 2.22 bits per heavy atom. The lowest BCUT2D eigenvalue weighted by atomic mass is 9.89. The van der Waals surface area contributed by atoms with Gasteiger partial charge < -0.3 is 5.11 Å². The molecule has 0 rings (SSSR count). The molecule has 0 unspecified atom stereocenters. The maximum absolute atomic E-state index is 10.1. The van der Waals surface area contributed by atoms with Crippen molar-refractivity contribution in [1.82, 2.24) is 0 Å². The van der Waals surface area contributed by atoms with Crippen LogP contribution in [0, 0.1) is 11.8 Å². The lowest BCUT2D eigenvalue weighted by molar-refractivity contribution is 0.114. The second kappa shape index (κ2) is 8.16. The molecule has 1 heteroatoms. The lowest BCUT2D eigenvalue weighted by Gasteiger charge is -2.24. The fourth-order valence-electron chi connectivity index (χ4n) is 2.11. The predicted octanol–water partition coefficient (Wildman–Crippen LogP) is 4.62. The topological polar surface area (TPSA) is 20.2 Å². The van der Waals surface area contributed by atoms with Gasteiger partial charge in [-0.05, 0) is 66.4 Å². The van der Waals surface area contributed by atoms with Crippen LogP contribution >= 0.6 is 0 Å². The van der Waals surface area contributed by atoms with Gasteiger partial charge in [0.15, 0.2) is 0 Å². The van der Waals surface area contributed by atoms with Crippen molar-refractivity contribution in [3.8, 4) is 11.8 Å². The van der Waals surface area contributed by atoms with Crippen LogP contribution < -0.4 is 0 Å². The van der Waals surface area contributed by atoms with Crippen LogP contribution in [0.1, 0.15) is 67.2 Å². The Labute approximate surface area is 113 Å². The van der Waals surface area contributed by atoms with E-state index >= 15 is 0 Å². The highest BCUT2D eigenvalue weighted by Gasteiger charge is 2.19. The Balaban J connectivity index is 4.37. The van der Waals surface area contributed by atoms with Crippen LogP contribution in [-0.2, 0) is 0 Å². The Morgan fingerprint density at radius 2 is 1.78 bits per heavy atom. The Hall–Kier alpha value is -1.00. The molecule has 0 bridgehead atoms. The van der Waals surface area contributed by atoms with E-state index in [1.54, 1.807) is 0 Å². The summed E-state index contributed by atoms with van der Waals surface area (Å²) in [7, 11) is 0. The van der Waals surface area contributed by atoms with Crippen LogP contribution in [0.5, 0.6) is 0 Å². The number of rotatable bonds is 6. The van der Waals surface area contributed by atoms with Crippen LogP contribution in [0.2, 0.25) is 0 Å². The fraction of sp³-hybridized carbons (Fsp3) is 0.647. The molecule has 0 aliphatic rings. The van der Waals surface area contributed by atoms with Crippen LogP contribution in [0.15, 0.2) is 22.8 Å². The molecule has 0 fully saturated rings. The summed E-state index contributed by atoms with van der Waals surface area (Å²) in [5, 5.41) is 10.1. The second-order valence-corrected chi connectivity index (χ2v) is 5.55. The highest BCUT2D eigenvalue weighted by Crippen LogP contribution is 2.25. The minimum atomic E-state index is -0.702. The minimum absolute atomic E-state index is 0.702. The average molecular weight is 248 g/mol. The molecule has 0 heterocycles. The number of hydrogen-bond acceptors (Lipinski definition) is 1. The van der Waals surface area contributed by atoms with Crippen LogP contribution in [0.3, 0.4) is 0 Å². The van der Waals surface area contributed by atoms with Crippen molar-refractivity contribution >= 4 is 0 Å². The maximum Gasteiger partial charge on any atom is 0.0803 e. The zero-order chi connectivity index (χ0) is 14.2. The summed E-state index contributed by atoms with van der Waals surface area (Å²) in [5.41, 5.74) is 3.07. The molecule has 0 saturated carbocycles. The molecule has 0 aromatic carbocycles. The van der Waals surface area contributed by atoms with Gasteiger partial charge in [-0.1, -0.05) is 17.2 Å². The maximum atomic E-state index is 10.1. The van der Waals surface area contributed by atoms with Gasteiger partial charge in [0.05, 0.1) is 5.60 Å². The van der Waals surface area contributed by atoms with E-state index in [-0.39, 0.29) is 0 Å². The van der Waals surface area contributed by atoms with Crippen LogP contribution in [0.25, 0.3) is 0 Å². The van der Waals surface area contributed by atoms with Crippen molar-refractivity contribution in [3.05, 3.63) is 22.8 Å². The number of allylic oxidation sites excluding steroid dienone is 3. The summed E-state index contributed by atoms with van der Waals surface area (Å²) in [6, 6.07) is 0. The summed E-state index contributed by atoms with van der Waals surface area (Å²) in [5.74, 6) is 5.97. The number of unbranched alkanes of at least 4 members (excludes halogenated alkanes) is 1. The molecule has 0 radical (unpaired) electrons. The summed E-state index contributed by atoms with van der Waals surface area (Å²) < 4.78 is 0. The molecule has 1 nitrogen and oxygen atoms in total. The Bertz CT molecular complexity index is 363. The highest BCUT2D eigenvalue weighted by atomic mass is 16.3. The average Bonchev–Trinajstić information content (AvgIpc) is 2.22. The van der Waals surface area contributed by atoms with Crippen molar-refractivity contribution in [2.45, 2.75) is 72.8 Å². The molecule has 0 aromatic rings. The van der Waals surface area contributed by atoms with Crippen molar-refractivity contribution in [1.29, 1.82) is 0 Å². The molecule has 0 atom stereocenters. The van der Waals surface area contributed by atoms with E-state index in [1.807, 2.05) is 20.8 Å². The molecule has 1 N–H and O–H groups in total. The van der Waals surface area contributed by atoms with Gasteiger partial charge in [0, 0.05) is 6.42 Å². The first-order valence-corrected chi connectivity index (χ1v) is 6.73. The molecular formula is C17H28O. The molecule has 0 saturated heterocycles. The van der Waals surface area contributed by atoms with E-state index < -0.39 is 5.60 Å². The first-order valence-electron chi connectivity index (χ1n) is 6.73. The normalized spacial score (nSPS) is 11.8. The van der Waals surface area contributed by atoms with Crippen molar-refractivity contribution < 1.29 is 5.11 Å². The summed E-state index contributed by atoms with van der Waals surface area (Å²) in [6.07, 6.45) is 6.18. The third-order valence-electron chi connectivity index (χ3n) is 3.05. The Kier molecular flexibility index (Phi) is 7.71. The predicted molar refractivity (Wildman–Crippen MR) is 80.3 cm³/mol. The molecule has 18 heavy (non-hydrogen) atoms. The van der Waals surface area contributed by atoms with Gasteiger partial charge in [-0.2, -0.15) is 0 Å². The van der Waals surface area contributed by atoms with Gasteiger partial charge in [0.25, 0.3) is 0 Å². The number of aliphatic hydroxyl groups is 1. The summed E-state index contributed by atoms with van der Waals surface area (Å²) >= 11 is 0. The molecule has 102 valence electrons. The molecule has 0 aliphatic carbocycles. The largest absolute Gasteiger partial charge is 0.386 e. The van der Waals surface area contributed by atoms with Gasteiger partial charge in [0.2, 0.25) is 0 Å². The fourth-order valence-corrected chi connectivity index (χ4v) is 2.11.